The monoisotopic (exact) mass is 339 g/mol. The molecule has 0 unspecified atom stereocenters. The van der Waals surface area contributed by atoms with Crippen LogP contribution in [0, 0.1) is 0 Å². The Balaban J connectivity index is 1.71. The Hall–Kier alpha value is -1.56. The lowest BCUT2D eigenvalue weighted by molar-refractivity contribution is -0.132. The average Bonchev–Trinajstić information content (AvgIpc) is 3.04. The first kappa shape index (κ1) is 17.8. The van der Waals surface area contributed by atoms with Crippen LogP contribution in [-0.4, -0.2) is 45.2 Å². The van der Waals surface area contributed by atoms with E-state index >= 15 is 0 Å². The van der Waals surface area contributed by atoms with Gasteiger partial charge in [0, 0.05) is 25.8 Å². The van der Waals surface area contributed by atoms with E-state index in [1.54, 1.807) is 12.1 Å². The number of benzene rings is 1. The third-order valence-corrected chi connectivity index (χ3v) is 5.45. The number of sulfone groups is 1. The van der Waals surface area contributed by atoms with Gasteiger partial charge in [0.15, 0.2) is 9.84 Å². The second-order valence-corrected chi connectivity index (χ2v) is 8.15. The summed E-state index contributed by atoms with van der Waals surface area (Å²) in [6.07, 6.45) is 6.98. The zero-order valence-electron chi connectivity index (χ0n) is 13.8. The maximum atomic E-state index is 12.1. The van der Waals surface area contributed by atoms with Crippen LogP contribution in [0.2, 0.25) is 0 Å². The molecule has 1 amide bonds. The van der Waals surface area contributed by atoms with Crippen LogP contribution in [-0.2, 0) is 14.6 Å². The number of nitrogens with zero attached hydrogens (tertiary/aromatic N) is 1. The van der Waals surface area contributed by atoms with Gasteiger partial charge < -0.3 is 9.64 Å². The molecular weight excluding hydrogens is 314 g/mol. The molecule has 1 fully saturated rings. The number of hydrogen-bond donors (Lipinski definition) is 0. The van der Waals surface area contributed by atoms with Crippen molar-refractivity contribution in [2.75, 3.05) is 19.9 Å². The number of carbonyl (C=O) groups excluding carboxylic acids is 1. The maximum Gasteiger partial charge on any atom is 0.222 e. The Bertz CT molecular complexity index is 618. The van der Waals surface area contributed by atoms with Crippen molar-refractivity contribution in [2.45, 2.75) is 49.5 Å². The second-order valence-electron chi connectivity index (χ2n) is 6.14. The largest absolute Gasteiger partial charge is 0.494 e. The molecule has 0 aromatic heterocycles. The molecule has 23 heavy (non-hydrogen) atoms. The van der Waals surface area contributed by atoms with Crippen molar-refractivity contribution >= 4 is 15.7 Å². The van der Waals surface area contributed by atoms with Crippen LogP contribution in [0.3, 0.4) is 0 Å². The highest BCUT2D eigenvalue weighted by Gasteiger charge is 2.22. The molecule has 0 N–H and O–H groups in total. The summed E-state index contributed by atoms with van der Waals surface area (Å²) in [5.74, 6) is 0.793. The van der Waals surface area contributed by atoms with Crippen molar-refractivity contribution in [1.29, 1.82) is 0 Å². The lowest BCUT2D eigenvalue weighted by Gasteiger charge is -2.24. The standard InChI is InChI=1S/C17H25NO4S/c1-18(14-6-3-4-7-14)17(19)8-5-13-22-15-9-11-16(12-10-15)23(2,20)21/h9-12,14H,3-8,13H2,1-2H3. The minimum atomic E-state index is -3.18. The van der Waals surface area contributed by atoms with Crippen LogP contribution in [0.5, 0.6) is 5.75 Å². The smallest absolute Gasteiger partial charge is 0.222 e. The molecule has 1 aromatic rings. The van der Waals surface area contributed by atoms with Crippen LogP contribution >= 0.6 is 0 Å². The zero-order valence-corrected chi connectivity index (χ0v) is 14.6. The molecule has 0 radical (unpaired) electrons. The fourth-order valence-corrected chi connectivity index (χ4v) is 3.50. The van der Waals surface area contributed by atoms with Crippen molar-refractivity contribution in [3.8, 4) is 5.75 Å². The molecule has 0 saturated heterocycles. The summed E-state index contributed by atoms with van der Waals surface area (Å²) < 4.78 is 28.3. The second kappa shape index (κ2) is 7.81. The molecule has 1 aliphatic rings. The lowest BCUT2D eigenvalue weighted by Crippen LogP contribution is -2.35. The van der Waals surface area contributed by atoms with Gasteiger partial charge in [0.05, 0.1) is 11.5 Å². The topological polar surface area (TPSA) is 63.7 Å². The van der Waals surface area contributed by atoms with E-state index in [0.717, 1.165) is 12.8 Å². The first-order valence-corrected chi connectivity index (χ1v) is 9.95. The number of amides is 1. The van der Waals surface area contributed by atoms with Gasteiger partial charge >= 0.3 is 0 Å². The van der Waals surface area contributed by atoms with Crippen LogP contribution in [0.15, 0.2) is 29.2 Å². The molecule has 2 rings (SSSR count). The number of hydrogen-bond acceptors (Lipinski definition) is 4. The van der Waals surface area contributed by atoms with Gasteiger partial charge in [0.25, 0.3) is 0 Å². The van der Waals surface area contributed by atoms with Gasteiger partial charge in [0.2, 0.25) is 5.91 Å². The minimum absolute atomic E-state index is 0.174. The molecule has 0 heterocycles. The molecule has 128 valence electrons. The minimum Gasteiger partial charge on any atom is -0.494 e. The van der Waals surface area contributed by atoms with E-state index < -0.39 is 9.84 Å². The van der Waals surface area contributed by atoms with Crippen molar-refractivity contribution < 1.29 is 17.9 Å². The summed E-state index contributed by atoms with van der Waals surface area (Å²) in [6.45, 7) is 0.447. The van der Waals surface area contributed by atoms with Crippen LogP contribution in [0.4, 0.5) is 0 Å². The van der Waals surface area contributed by atoms with Gasteiger partial charge in [-0.15, -0.1) is 0 Å². The summed E-state index contributed by atoms with van der Waals surface area (Å²) in [5.41, 5.74) is 0. The Morgan fingerprint density at radius 3 is 2.39 bits per heavy atom. The Morgan fingerprint density at radius 2 is 1.83 bits per heavy atom. The number of rotatable bonds is 7. The highest BCUT2D eigenvalue weighted by molar-refractivity contribution is 7.90. The Morgan fingerprint density at radius 1 is 1.22 bits per heavy atom. The van der Waals surface area contributed by atoms with Gasteiger partial charge in [-0.05, 0) is 43.5 Å². The average molecular weight is 339 g/mol. The van der Waals surface area contributed by atoms with Crippen LogP contribution in [0.25, 0.3) is 0 Å². The lowest BCUT2D eigenvalue weighted by atomic mass is 10.2. The SMILES string of the molecule is CN(C(=O)CCCOc1ccc(S(C)(=O)=O)cc1)C1CCCC1. The quantitative estimate of drug-likeness (QED) is 0.717. The molecule has 5 nitrogen and oxygen atoms in total. The predicted octanol–water partition coefficient (Wildman–Crippen LogP) is 2.65. The number of ether oxygens (including phenoxy) is 1. The summed E-state index contributed by atoms with van der Waals surface area (Å²) in [6, 6.07) is 6.76. The summed E-state index contributed by atoms with van der Waals surface area (Å²) in [7, 11) is -1.29. The third-order valence-electron chi connectivity index (χ3n) is 4.32. The van der Waals surface area contributed by atoms with E-state index in [4.69, 9.17) is 4.74 Å². The summed E-state index contributed by atoms with van der Waals surface area (Å²) in [4.78, 5) is 14.3. The molecule has 1 aliphatic carbocycles. The maximum absolute atomic E-state index is 12.1. The van der Waals surface area contributed by atoms with Crippen molar-refractivity contribution in [2.24, 2.45) is 0 Å². The number of carbonyl (C=O) groups is 1. The molecule has 0 atom stereocenters. The molecular formula is C17H25NO4S. The highest BCUT2D eigenvalue weighted by Crippen LogP contribution is 2.23. The molecule has 0 aliphatic heterocycles. The van der Waals surface area contributed by atoms with Crippen molar-refractivity contribution in [3.05, 3.63) is 24.3 Å². The van der Waals surface area contributed by atoms with Crippen molar-refractivity contribution in [1.82, 2.24) is 4.90 Å². The molecule has 1 aromatic carbocycles. The predicted molar refractivity (Wildman–Crippen MR) is 89.3 cm³/mol. The van der Waals surface area contributed by atoms with Crippen LogP contribution in [0.1, 0.15) is 38.5 Å². The molecule has 0 spiro atoms. The van der Waals surface area contributed by atoms with Gasteiger partial charge in [-0.1, -0.05) is 12.8 Å². The van der Waals surface area contributed by atoms with Crippen LogP contribution < -0.4 is 4.74 Å². The summed E-state index contributed by atoms with van der Waals surface area (Å²) >= 11 is 0. The van der Waals surface area contributed by atoms with E-state index in [1.807, 2.05) is 11.9 Å². The van der Waals surface area contributed by atoms with E-state index in [-0.39, 0.29) is 10.8 Å². The fourth-order valence-electron chi connectivity index (χ4n) is 2.87. The molecule has 0 bridgehead atoms. The zero-order chi connectivity index (χ0) is 16.9. The molecule has 1 saturated carbocycles. The van der Waals surface area contributed by atoms with Gasteiger partial charge in [-0.2, -0.15) is 0 Å². The Labute approximate surface area is 138 Å². The van der Waals surface area contributed by atoms with Gasteiger partial charge in [-0.25, -0.2) is 8.42 Å². The van der Waals surface area contributed by atoms with E-state index in [2.05, 4.69) is 0 Å². The highest BCUT2D eigenvalue weighted by atomic mass is 32.2. The Kier molecular flexibility index (Phi) is 6.04. The first-order valence-electron chi connectivity index (χ1n) is 8.06. The first-order chi connectivity index (χ1) is 10.9. The normalized spacial score (nSPS) is 15.6. The third kappa shape index (κ3) is 5.23. The van der Waals surface area contributed by atoms with E-state index in [0.29, 0.717) is 31.2 Å². The van der Waals surface area contributed by atoms with Gasteiger partial charge in [0.1, 0.15) is 5.75 Å². The fraction of sp³-hybridized carbons (Fsp3) is 0.588. The molecule has 6 heteroatoms. The van der Waals surface area contributed by atoms with E-state index in [1.165, 1.54) is 31.2 Å². The van der Waals surface area contributed by atoms with Crippen molar-refractivity contribution in [3.63, 3.8) is 0 Å². The van der Waals surface area contributed by atoms with E-state index in [9.17, 15) is 13.2 Å². The summed E-state index contributed by atoms with van der Waals surface area (Å²) in [5, 5.41) is 0. The van der Waals surface area contributed by atoms with Gasteiger partial charge in [-0.3, -0.25) is 4.79 Å².